The van der Waals surface area contributed by atoms with Crippen LogP contribution in [0.1, 0.15) is 56.8 Å². The molecule has 2 aliphatic carbocycles. The SMILES string of the molecule is Cc1noc(C(C)NC(=O)C2CC3CCCC(C2)C3N)n1.Cl. The Kier molecular flexibility index (Phi) is 5.45. The number of hydrogen-bond acceptors (Lipinski definition) is 5. The van der Waals surface area contributed by atoms with Crippen molar-refractivity contribution in [2.45, 2.75) is 58.0 Å². The number of carbonyl (C=O) groups excluding carboxylic acids is 1. The van der Waals surface area contributed by atoms with Crippen LogP contribution in [0.15, 0.2) is 4.52 Å². The van der Waals surface area contributed by atoms with Crippen molar-refractivity contribution in [2.75, 3.05) is 0 Å². The molecule has 2 fully saturated rings. The normalized spacial score (nSPS) is 32.0. The summed E-state index contributed by atoms with van der Waals surface area (Å²) >= 11 is 0. The monoisotopic (exact) mass is 328 g/mol. The van der Waals surface area contributed by atoms with E-state index in [0.29, 0.717) is 29.6 Å². The van der Waals surface area contributed by atoms with Gasteiger partial charge >= 0.3 is 0 Å². The van der Waals surface area contributed by atoms with Crippen LogP contribution in [0, 0.1) is 24.7 Å². The second-order valence-electron chi connectivity index (χ2n) is 6.61. The number of hydrogen-bond donors (Lipinski definition) is 2. The van der Waals surface area contributed by atoms with E-state index >= 15 is 0 Å². The number of fused-ring (bicyclic) bond motifs is 2. The van der Waals surface area contributed by atoms with Gasteiger partial charge in [-0.1, -0.05) is 11.6 Å². The second-order valence-corrected chi connectivity index (χ2v) is 6.61. The van der Waals surface area contributed by atoms with Gasteiger partial charge in [-0.3, -0.25) is 4.79 Å². The molecule has 3 atom stereocenters. The molecular weight excluding hydrogens is 304 g/mol. The van der Waals surface area contributed by atoms with Gasteiger partial charge in [0.05, 0.1) is 0 Å². The van der Waals surface area contributed by atoms with Crippen molar-refractivity contribution >= 4 is 18.3 Å². The topological polar surface area (TPSA) is 94.0 Å². The molecule has 2 saturated carbocycles. The molecule has 7 heteroatoms. The van der Waals surface area contributed by atoms with Crippen LogP contribution in [0.2, 0.25) is 0 Å². The highest BCUT2D eigenvalue weighted by atomic mass is 35.5. The number of nitrogens with two attached hydrogens (primary N) is 1. The summed E-state index contributed by atoms with van der Waals surface area (Å²) in [6.45, 7) is 3.64. The molecule has 6 nitrogen and oxygen atoms in total. The van der Waals surface area contributed by atoms with Gasteiger partial charge in [0.1, 0.15) is 6.04 Å². The zero-order valence-corrected chi connectivity index (χ0v) is 13.9. The molecule has 1 aromatic rings. The van der Waals surface area contributed by atoms with Gasteiger partial charge in [-0.15, -0.1) is 12.4 Å². The number of amides is 1. The summed E-state index contributed by atoms with van der Waals surface area (Å²) in [6, 6.07) is 0.0490. The van der Waals surface area contributed by atoms with Crippen molar-refractivity contribution in [3.8, 4) is 0 Å². The Morgan fingerprint density at radius 2 is 2.00 bits per heavy atom. The molecule has 124 valence electrons. The Labute approximate surface area is 137 Å². The molecule has 0 spiro atoms. The Hall–Kier alpha value is -1.14. The number of halogens is 1. The van der Waals surface area contributed by atoms with E-state index in [1.54, 1.807) is 6.92 Å². The van der Waals surface area contributed by atoms with Crippen LogP contribution in [0.4, 0.5) is 0 Å². The average Bonchev–Trinajstić information content (AvgIpc) is 2.85. The number of aromatic nitrogens is 2. The number of nitrogens with zero attached hydrogens (tertiary/aromatic N) is 2. The molecule has 2 bridgehead atoms. The van der Waals surface area contributed by atoms with Crippen LogP contribution >= 0.6 is 12.4 Å². The summed E-state index contributed by atoms with van der Waals surface area (Å²) in [7, 11) is 0. The summed E-state index contributed by atoms with van der Waals surface area (Å²) in [6.07, 6.45) is 5.42. The van der Waals surface area contributed by atoms with Crippen molar-refractivity contribution in [2.24, 2.45) is 23.5 Å². The first-order chi connectivity index (χ1) is 10.0. The van der Waals surface area contributed by atoms with E-state index in [4.69, 9.17) is 10.3 Å². The summed E-state index contributed by atoms with van der Waals surface area (Å²) in [4.78, 5) is 16.7. The van der Waals surface area contributed by atoms with E-state index in [2.05, 4.69) is 15.5 Å². The molecule has 0 radical (unpaired) electrons. The maximum absolute atomic E-state index is 12.5. The quantitative estimate of drug-likeness (QED) is 0.886. The minimum atomic E-state index is -0.242. The standard InChI is InChI=1S/C15H24N4O2.ClH/c1-8(15-18-9(2)19-21-15)17-14(20)12-6-10-4-3-5-11(7-12)13(10)16;/h8,10-13H,3-7,16H2,1-2H3,(H,17,20);1H. The van der Waals surface area contributed by atoms with E-state index in [1.807, 2.05) is 6.92 Å². The lowest BCUT2D eigenvalue weighted by Gasteiger charge is -2.43. The van der Waals surface area contributed by atoms with Gasteiger partial charge in [0.15, 0.2) is 5.82 Å². The predicted octanol–water partition coefficient (Wildman–Crippen LogP) is 2.13. The Bertz CT molecular complexity index is 507. The van der Waals surface area contributed by atoms with Crippen molar-refractivity contribution in [3.05, 3.63) is 11.7 Å². The molecule has 1 heterocycles. The van der Waals surface area contributed by atoms with Crippen molar-refractivity contribution in [1.29, 1.82) is 0 Å². The first kappa shape index (κ1) is 17.2. The van der Waals surface area contributed by atoms with Crippen LogP contribution in [0.25, 0.3) is 0 Å². The largest absolute Gasteiger partial charge is 0.344 e. The van der Waals surface area contributed by atoms with Gasteiger partial charge in [0, 0.05) is 12.0 Å². The first-order valence-corrected chi connectivity index (χ1v) is 7.90. The number of aryl methyl sites for hydroxylation is 1. The molecule has 1 aromatic heterocycles. The molecule has 2 aliphatic rings. The lowest BCUT2D eigenvalue weighted by atomic mass is 9.65. The predicted molar refractivity (Wildman–Crippen MR) is 84.4 cm³/mol. The Morgan fingerprint density at radius 1 is 1.36 bits per heavy atom. The summed E-state index contributed by atoms with van der Waals surface area (Å²) in [5, 5.41) is 6.77. The minimum Gasteiger partial charge on any atom is -0.344 e. The first-order valence-electron chi connectivity index (χ1n) is 7.90. The van der Waals surface area contributed by atoms with Gasteiger partial charge < -0.3 is 15.6 Å². The average molecular weight is 329 g/mol. The van der Waals surface area contributed by atoms with Crippen LogP contribution in [-0.4, -0.2) is 22.1 Å². The highest BCUT2D eigenvalue weighted by molar-refractivity contribution is 5.85. The molecule has 3 unspecified atom stereocenters. The van der Waals surface area contributed by atoms with Gasteiger partial charge in [-0.2, -0.15) is 4.98 Å². The van der Waals surface area contributed by atoms with E-state index in [-0.39, 0.29) is 30.3 Å². The summed E-state index contributed by atoms with van der Waals surface area (Å²) < 4.78 is 5.11. The molecule has 0 aliphatic heterocycles. The highest BCUT2D eigenvalue weighted by Crippen LogP contribution is 2.42. The molecule has 0 aromatic carbocycles. The van der Waals surface area contributed by atoms with Gasteiger partial charge in [0.25, 0.3) is 0 Å². The van der Waals surface area contributed by atoms with Gasteiger partial charge in [0.2, 0.25) is 11.8 Å². The molecule has 3 rings (SSSR count). The fraction of sp³-hybridized carbons (Fsp3) is 0.800. The van der Waals surface area contributed by atoms with E-state index < -0.39 is 0 Å². The third-order valence-corrected chi connectivity index (χ3v) is 5.06. The summed E-state index contributed by atoms with van der Waals surface area (Å²) in [5.41, 5.74) is 6.28. The zero-order valence-electron chi connectivity index (χ0n) is 13.1. The highest BCUT2D eigenvalue weighted by Gasteiger charge is 2.40. The Morgan fingerprint density at radius 3 is 2.55 bits per heavy atom. The number of nitrogens with one attached hydrogen (secondary N) is 1. The fourth-order valence-electron chi connectivity index (χ4n) is 3.89. The van der Waals surface area contributed by atoms with Gasteiger partial charge in [-0.25, -0.2) is 0 Å². The van der Waals surface area contributed by atoms with E-state index in [0.717, 1.165) is 12.8 Å². The minimum absolute atomic E-state index is 0. The lowest BCUT2D eigenvalue weighted by Crippen LogP contribution is -2.49. The molecular formula is C15H25ClN4O2. The smallest absolute Gasteiger partial charge is 0.248 e. The molecule has 0 saturated heterocycles. The van der Waals surface area contributed by atoms with Crippen molar-refractivity contribution in [3.63, 3.8) is 0 Å². The van der Waals surface area contributed by atoms with Crippen molar-refractivity contribution in [1.82, 2.24) is 15.5 Å². The van der Waals surface area contributed by atoms with Crippen molar-refractivity contribution < 1.29 is 9.32 Å². The van der Waals surface area contributed by atoms with Gasteiger partial charge in [-0.05, 0) is 51.4 Å². The third-order valence-electron chi connectivity index (χ3n) is 5.06. The zero-order chi connectivity index (χ0) is 15.0. The fourth-order valence-corrected chi connectivity index (χ4v) is 3.89. The van der Waals surface area contributed by atoms with Crippen LogP contribution in [0.5, 0.6) is 0 Å². The Balaban J connectivity index is 0.00000176. The molecule has 3 N–H and O–H groups in total. The second kappa shape index (κ2) is 6.96. The number of carbonyl (C=O) groups is 1. The number of rotatable bonds is 3. The van der Waals surface area contributed by atoms with Crippen LogP contribution in [-0.2, 0) is 4.79 Å². The third kappa shape index (κ3) is 3.43. The summed E-state index contributed by atoms with van der Waals surface area (Å²) in [5.74, 6) is 2.25. The van der Waals surface area contributed by atoms with E-state index in [1.165, 1.54) is 19.3 Å². The molecule has 1 amide bonds. The maximum atomic E-state index is 12.5. The maximum Gasteiger partial charge on any atom is 0.248 e. The van der Waals surface area contributed by atoms with Crippen LogP contribution < -0.4 is 11.1 Å². The van der Waals surface area contributed by atoms with Crippen LogP contribution in [0.3, 0.4) is 0 Å². The lowest BCUT2D eigenvalue weighted by molar-refractivity contribution is -0.128. The van der Waals surface area contributed by atoms with E-state index in [9.17, 15) is 4.79 Å². The molecule has 22 heavy (non-hydrogen) atoms.